The standard InChI is InChI=1S/C13H20OS/c1-10(2)12-6-5-11(3)13(9-12)14-7-4-8-15/h5-6,9-10,15H,4,7-8H2,1-3H3. The number of hydrogen-bond acceptors (Lipinski definition) is 2. The second-order valence-corrected chi connectivity index (χ2v) is 4.55. The molecule has 2 heteroatoms. The SMILES string of the molecule is Cc1ccc(C(C)C)cc1OCCCS. The molecule has 0 N–H and O–H groups in total. The van der Waals surface area contributed by atoms with Crippen molar-refractivity contribution in [2.75, 3.05) is 12.4 Å². The second kappa shape index (κ2) is 6.06. The summed E-state index contributed by atoms with van der Waals surface area (Å²) in [6.07, 6.45) is 0.995. The van der Waals surface area contributed by atoms with E-state index in [1.54, 1.807) is 0 Å². The maximum atomic E-state index is 5.72. The Morgan fingerprint density at radius 1 is 1.33 bits per heavy atom. The molecule has 0 heterocycles. The summed E-state index contributed by atoms with van der Waals surface area (Å²) in [5.74, 6) is 2.45. The van der Waals surface area contributed by atoms with E-state index in [0.717, 1.165) is 24.5 Å². The Hall–Kier alpha value is -0.630. The molecule has 0 aliphatic heterocycles. The molecule has 0 atom stereocenters. The molecule has 0 spiro atoms. The largest absolute Gasteiger partial charge is 0.493 e. The van der Waals surface area contributed by atoms with Gasteiger partial charge in [0.15, 0.2) is 0 Å². The van der Waals surface area contributed by atoms with Crippen LogP contribution in [0, 0.1) is 6.92 Å². The molecule has 0 aromatic heterocycles. The average molecular weight is 224 g/mol. The van der Waals surface area contributed by atoms with Gasteiger partial charge >= 0.3 is 0 Å². The van der Waals surface area contributed by atoms with Crippen LogP contribution < -0.4 is 4.74 Å². The molecule has 0 saturated heterocycles. The van der Waals surface area contributed by atoms with Gasteiger partial charge in [-0.05, 0) is 42.2 Å². The lowest BCUT2D eigenvalue weighted by molar-refractivity contribution is 0.316. The quantitative estimate of drug-likeness (QED) is 0.591. The predicted molar refractivity (Wildman–Crippen MR) is 69.2 cm³/mol. The second-order valence-electron chi connectivity index (χ2n) is 4.11. The molecule has 1 nitrogen and oxygen atoms in total. The fourth-order valence-electron chi connectivity index (χ4n) is 1.38. The van der Waals surface area contributed by atoms with Crippen molar-refractivity contribution in [1.29, 1.82) is 0 Å². The third-order valence-corrected chi connectivity index (χ3v) is 2.76. The zero-order chi connectivity index (χ0) is 11.3. The van der Waals surface area contributed by atoms with Gasteiger partial charge in [-0.25, -0.2) is 0 Å². The summed E-state index contributed by atoms with van der Waals surface area (Å²) in [5, 5.41) is 0. The number of hydrogen-bond donors (Lipinski definition) is 1. The summed E-state index contributed by atoms with van der Waals surface area (Å²) in [7, 11) is 0. The van der Waals surface area contributed by atoms with Crippen molar-refractivity contribution in [3.8, 4) is 5.75 Å². The van der Waals surface area contributed by atoms with Gasteiger partial charge < -0.3 is 4.74 Å². The molecule has 0 fully saturated rings. The molecule has 0 amide bonds. The van der Waals surface area contributed by atoms with Gasteiger partial charge in [0.1, 0.15) is 5.75 Å². The predicted octanol–water partition coefficient (Wildman–Crippen LogP) is 3.82. The smallest absolute Gasteiger partial charge is 0.122 e. The zero-order valence-electron chi connectivity index (χ0n) is 9.79. The molecular formula is C13H20OS. The van der Waals surface area contributed by atoms with Gasteiger partial charge in [0.05, 0.1) is 6.61 Å². The molecule has 0 radical (unpaired) electrons. The van der Waals surface area contributed by atoms with Gasteiger partial charge in [-0.15, -0.1) is 0 Å². The first-order valence-electron chi connectivity index (χ1n) is 5.49. The highest BCUT2D eigenvalue weighted by Crippen LogP contribution is 2.24. The first-order chi connectivity index (χ1) is 7.15. The summed E-state index contributed by atoms with van der Waals surface area (Å²) in [5.41, 5.74) is 2.54. The van der Waals surface area contributed by atoms with E-state index in [4.69, 9.17) is 4.74 Å². The molecule has 1 rings (SSSR count). The Bertz CT molecular complexity index is 307. The van der Waals surface area contributed by atoms with Crippen LogP contribution in [0.2, 0.25) is 0 Å². The minimum atomic E-state index is 0.554. The average Bonchev–Trinajstić information content (AvgIpc) is 2.20. The van der Waals surface area contributed by atoms with Crippen LogP contribution in [0.15, 0.2) is 18.2 Å². The summed E-state index contributed by atoms with van der Waals surface area (Å²) < 4.78 is 5.72. The monoisotopic (exact) mass is 224 g/mol. The van der Waals surface area contributed by atoms with E-state index in [2.05, 4.69) is 51.6 Å². The molecule has 15 heavy (non-hydrogen) atoms. The Balaban J connectivity index is 2.72. The molecule has 0 bridgehead atoms. The molecule has 84 valence electrons. The third-order valence-electron chi connectivity index (χ3n) is 2.44. The van der Waals surface area contributed by atoms with Crippen molar-refractivity contribution in [2.45, 2.75) is 33.1 Å². The Morgan fingerprint density at radius 3 is 2.67 bits per heavy atom. The van der Waals surface area contributed by atoms with Crippen LogP contribution in [0.5, 0.6) is 5.75 Å². The molecule has 0 aliphatic rings. The normalized spacial score (nSPS) is 10.7. The van der Waals surface area contributed by atoms with Gasteiger partial charge in [0, 0.05) is 0 Å². The van der Waals surface area contributed by atoms with E-state index in [9.17, 15) is 0 Å². The van der Waals surface area contributed by atoms with Crippen LogP contribution in [0.1, 0.15) is 37.3 Å². The van der Waals surface area contributed by atoms with E-state index in [0.29, 0.717) is 5.92 Å². The highest BCUT2D eigenvalue weighted by atomic mass is 32.1. The third kappa shape index (κ3) is 3.78. The molecule has 0 unspecified atom stereocenters. The highest BCUT2D eigenvalue weighted by molar-refractivity contribution is 7.80. The van der Waals surface area contributed by atoms with Gasteiger partial charge in [0.2, 0.25) is 0 Å². The topological polar surface area (TPSA) is 9.23 Å². The first kappa shape index (κ1) is 12.4. The van der Waals surface area contributed by atoms with E-state index in [1.165, 1.54) is 11.1 Å². The van der Waals surface area contributed by atoms with Crippen molar-refractivity contribution in [3.63, 3.8) is 0 Å². The van der Waals surface area contributed by atoms with E-state index >= 15 is 0 Å². The lowest BCUT2D eigenvalue weighted by Crippen LogP contribution is -2.00. The van der Waals surface area contributed by atoms with Crippen molar-refractivity contribution in [1.82, 2.24) is 0 Å². The molecule has 1 aromatic carbocycles. The zero-order valence-corrected chi connectivity index (χ0v) is 10.7. The van der Waals surface area contributed by atoms with Gasteiger partial charge in [-0.1, -0.05) is 26.0 Å². The highest BCUT2D eigenvalue weighted by Gasteiger charge is 2.04. The van der Waals surface area contributed by atoms with Crippen molar-refractivity contribution < 1.29 is 4.74 Å². The first-order valence-corrected chi connectivity index (χ1v) is 6.12. The summed E-state index contributed by atoms with van der Waals surface area (Å²) in [4.78, 5) is 0. The van der Waals surface area contributed by atoms with Gasteiger partial charge in [0.25, 0.3) is 0 Å². The van der Waals surface area contributed by atoms with Crippen molar-refractivity contribution >= 4 is 12.6 Å². The number of benzene rings is 1. The molecular weight excluding hydrogens is 204 g/mol. The Labute approximate surface area is 98.3 Å². The fraction of sp³-hybridized carbons (Fsp3) is 0.538. The number of rotatable bonds is 5. The number of thiol groups is 1. The summed E-state index contributed by atoms with van der Waals surface area (Å²) >= 11 is 4.17. The van der Waals surface area contributed by atoms with E-state index < -0.39 is 0 Å². The van der Waals surface area contributed by atoms with E-state index in [1.807, 2.05) is 0 Å². The minimum Gasteiger partial charge on any atom is -0.493 e. The summed E-state index contributed by atoms with van der Waals surface area (Å²) in [6, 6.07) is 6.45. The Kier molecular flexibility index (Phi) is 5.03. The van der Waals surface area contributed by atoms with Crippen LogP contribution >= 0.6 is 12.6 Å². The van der Waals surface area contributed by atoms with E-state index in [-0.39, 0.29) is 0 Å². The molecule has 1 aromatic rings. The van der Waals surface area contributed by atoms with Crippen LogP contribution in [-0.2, 0) is 0 Å². The van der Waals surface area contributed by atoms with Crippen LogP contribution in [0.4, 0.5) is 0 Å². The van der Waals surface area contributed by atoms with Crippen LogP contribution in [0.25, 0.3) is 0 Å². The molecule has 0 aliphatic carbocycles. The minimum absolute atomic E-state index is 0.554. The van der Waals surface area contributed by atoms with Crippen molar-refractivity contribution in [2.24, 2.45) is 0 Å². The summed E-state index contributed by atoms with van der Waals surface area (Å²) in [6.45, 7) is 7.23. The maximum absolute atomic E-state index is 5.72. The van der Waals surface area contributed by atoms with Gasteiger partial charge in [-0.3, -0.25) is 0 Å². The van der Waals surface area contributed by atoms with Crippen LogP contribution in [-0.4, -0.2) is 12.4 Å². The number of aryl methyl sites for hydroxylation is 1. The molecule has 0 saturated carbocycles. The fourth-order valence-corrected chi connectivity index (χ4v) is 1.51. The van der Waals surface area contributed by atoms with Gasteiger partial charge in [-0.2, -0.15) is 12.6 Å². The lowest BCUT2D eigenvalue weighted by atomic mass is 10.0. The van der Waals surface area contributed by atoms with Crippen molar-refractivity contribution in [3.05, 3.63) is 29.3 Å². The number of ether oxygens (including phenoxy) is 1. The lowest BCUT2D eigenvalue weighted by Gasteiger charge is -2.12. The maximum Gasteiger partial charge on any atom is 0.122 e. The van der Waals surface area contributed by atoms with Crippen LogP contribution in [0.3, 0.4) is 0 Å². The Morgan fingerprint density at radius 2 is 2.07 bits per heavy atom.